The zero-order valence-corrected chi connectivity index (χ0v) is 11.9. The number of nitrogens with one attached hydrogen (secondary N) is 1. The van der Waals surface area contributed by atoms with Gasteiger partial charge in [-0.3, -0.25) is 0 Å². The number of hydrogen-bond acceptors (Lipinski definition) is 1. The van der Waals surface area contributed by atoms with Crippen LogP contribution in [0.1, 0.15) is 65.7 Å². The maximum atomic E-state index is 12.5. The summed E-state index contributed by atoms with van der Waals surface area (Å²) in [4.78, 5) is 0. The molecular weight excluding hydrogens is 239 g/mol. The van der Waals surface area contributed by atoms with Crippen LogP contribution in [-0.2, 0) is 0 Å². The summed E-state index contributed by atoms with van der Waals surface area (Å²) in [5.74, 6) is 0.418. The second-order valence-corrected chi connectivity index (χ2v) is 5.12. The molecule has 110 valence electrons. The van der Waals surface area contributed by atoms with Crippen molar-refractivity contribution in [3.63, 3.8) is 0 Å². The molecule has 2 unspecified atom stereocenters. The molecule has 0 fully saturated rings. The Bertz CT molecular complexity index is 192. The lowest BCUT2D eigenvalue weighted by molar-refractivity contribution is -0.141. The molecule has 0 heterocycles. The van der Waals surface area contributed by atoms with Gasteiger partial charge < -0.3 is 5.32 Å². The van der Waals surface area contributed by atoms with Gasteiger partial charge in [-0.05, 0) is 25.3 Å². The summed E-state index contributed by atoms with van der Waals surface area (Å²) < 4.78 is 37.5. The minimum atomic E-state index is -4.06. The monoisotopic (exact) mass is 267 g/mol. The molecule has 0 amide bonds. The summed E-state index contributed by atoms with van der Waals surface area (Å²) in [6.45, 7) is 6.84. The van der Waals surface area contributed by atoms with Crippen molar-refractivity contribution in [3.05, 3.63) is 0 Å². The Labute approximate surface area is 110 Å². The lowest BCUT2D eigenvalue weighted by Crippen LogP contribution is -2.36. The van der Waals surface area contributed by atoms with Gasteiger partial charge in [0.2, 0.25) is 0 Å². The van der Waals surface area contributed by atoms with Gasteiger partial charge in [0, 0.05) is 6.04 Å². The minimum Gasteiger partial charge on any atom is -0.314 e. The first-order valence-electron chi connectivity index (χ1n) is 7.23. The van der Waals surface area contributed by atoms with E-state index in [0.717, 1.165) is 32.1 Å². The van der Waals surface area contributed by atoms with Crippen LogP contribution in [0.5, 0.6) is 0 Å². The molecule has 2 atom stereocenters. The Kier molecular flexibility index (Phi) is 9.52. The Balaban J connectivity index is 4.25. The molecule has 0 aliphatic carbocycles. The lowest BCUT2D eigenvalue weighted by atomic mass is 9.91. The van der Waals surface area contributed by atoms with Crippen LogP contribution in [0.4, 0.5) is 13.2 Å². The van der Waals surface area contributed by atoms with Gasteiger partial charge in [0.1, 0.15) is 0 Å². The molecule has 0 bridgehead atoms. The highest BCUT2D eigenvalue weighted by Crippen LogP contribution is 2.27. The van der Waals surface area contributed by atoms with Crippen LogP contribution in [0.3, 0.4) is 0 Å². The van der Waals surface area contributed by atoms with E-state index in [1.54, 1.807) is 0 Å². The first-order chi connectivity index (χ1) is 8.42. The molecule has 0 saturated heterocycles. The SMILES string of the molecule is CCCCC(CC)CC(CC(F)(F)F)NCCC. The van der Waals surface area contributed by atoms with E-state index in [0.29, 0.717) is 18.9 Å². The maximum Gasteiger partial charge on any atom is 0.390 e. The smallest absolute Gasteiger partial charge is 0.314 e. The van der Waals surface area contributed by atoms with Crippen molar-refractivity contribution in [2.75, 3.05) is 6.54 Å². The van der Waals surface area contributed by atoms with Crippen molar-refractivity contribution >= 4 is 0 Å². The topological polar surface area (TPSA) is 12.0 Å². The first-order valence-corrected chi connectivity index (χ1v) is 7.23. The van der Waals surface area contributed by atoms with E-state index in [2.05, 4.69) is 19.2 Å². The zero-order chi connectivity index (χ0) is 14.0. The van der Waals surface area contributed by atoms with Crippen molar-refractivity contribution in [2.24, 2.45) is 5.92 Å². The predicted molar refractivity (Wildman–Crippen MR) is 70.7 cm³/mol. The fourth-order valence-electron chi connectivity index (χ4n) is 2.25. The third-order valence-electron chi connectivity index (χ3n) is 3.32. The average Bonchev–Trinajstić information content (AvgIpc) is 2.29. The molecule has 18 heavy (non-hydrogen) atoms. The molecule has 0 aliphatic heterocycles. The molecule has 0 spiro atoms. The lowest BCUT2D eigenvalue weighted by Gasteiger charge is -2.24. The fourth-order valence-corrected chi connectivity index (χ4v) is 2.25. The van der Waals surface area contributed by atoms with E-state index in [4.69, 9.17) is 0 Å². The molecule has 4 heteroatoms. The summed E-state index contributed by atoms with van der Waals surface area (Å²) in [6.07, 6.45) is 1.02. The number of halogens is 3. The fraction of sp³-hybridized carbons (Fsp3) is 1.00. The van der Waals surface area contributed by atoms with Crippen molar-refractivity contribution in [2.45, 2.75) is 77.9 Å². The van der Waals surface area contributed by atoms with Gasteiger partial charge in [-0.2, -0.15) is 13.2 Å². The number of alkyl halides is 3. The van der Waals surface area contributed by atoms with Crippen LogP contribution >= 0.6 is 0 Å². The Morgan fingerprint density at radius 2 is 1.72 bits per heavy atom. The molecule has 1 nitrogen and oxygen atoms in total. The highest BCUT2D eigenvalue weighted by atomic mass is 19.4. The largest absolute Gasteiger partial charge is 0.390 e. The first kappa shape index (κ1) is 17.8. The zero-order valence-electron chi connectivity index (χ0n) is 11.9. The van der Waals surface area contributed by atoms with E-state index < -0.39 is 18.6 Å². The molecule has 1 N–H and O–H groups in total. The van der Waals surface area contributed by atoms with Crippen LogP contribution in [0.15, 0.2) is 0 Å². The van der Waals surface area contributed by atoms with Gasteiger partial charge in [-0.1, -0.05) is 46.5 Å². The summed E-state index contributed by atoms with van der Waals surface area (Å²) in [5.41, 5.74) is 0. The van der Waals surface area contributed by atoms with E-state index >= 15 is 0 Å². The highest BCUT2D eigenvalue weighted by molar-refractivity contribution is 4.74. The molecule has 0 aromatic rings. The van der Waals surface area contributed by atoms with Crippen molar-refractivity contribution in [3.8, 4) is 0 Å². The van der Waals surface area contributed by atoms with Gasteiger partial charge in [-0.25, -0.2) is 0 Å². The van der Waals surface area contributed by atoms with E-state index in [1.807, 2.05) is 6.92 Å². The van der Waals surface area contributed by atoms with Gasteiger partial charge >= 0.3 is 6.18 Å². The maximum absolute atomic E-state index is 12.5. The van der Waals surface area contributed by atoms with Gasteiger partial charge in [0.25, 0.3) is 0 Å². The van der Waals surface area contributed by atoms with Gasteiger partial charge in [0.05, 0.1) is 6.42 Å². The molecule has 0 aromatic carbocycles. The van der Waals surface area contributed by atoms with E-state index in [-0.39, 0.29) is 0 Å². The normalized spacial score (nSPS) is 15.7. The van der Waals surface area contributed by atoms with Crippen LogP contribution in [0.25, 0.3) is 0 Å². The molecule has 0 aliphatic rings. The van der Waals surface area contributed by atoms with Crippen LogP contribution < -0.4 is 5.32 Å². The number of rotatable bonds is 10. The van der Waals surface area contributed by atoms with Gasteiger partial charge in [0.15, 0.2) is 0 Å². The minimum absolute atomic E-state index is 0.410. The Morgan fingerprint density at radius 1 is 1.06 bits per heavy atom. The third-order valence-corrected chi connectivity index (χ3v) is 3.32. The summed E-state index contributed by atoms with van der Waals surface area (Å²) in [5, 5.41) is 3.05. The second kappa shape index (κ2) is 9.65. The standard InChI is InChI=1S/C14H28F3N/c1-4-7-8-12(6-3)10-13(18-9-5-2)11-14(15,16)17/h12-13,18H,4-11H2,1-3H3. The Hall–Kier alpha value is -0.250. The van der Waals surface area contributed by atoms with Crippen LogP contribution in [0, 0.1) is 5.92 Å². The predicted octanol–water partition coefficient (Wildman–Crippen LogP) is 4.91. The summed E-state index contributed by atoms with van der Waals surface area (Å²) in [7, 11) is 0. The van der Waals surface area contributed by atoms with Crippen molar-refractivity contribution < 1.29 is 13.2 Å². The van der Waals surface area contributed by atoms with Crippen LogP contribution in [0.2, 0.25) is 0 Å². The molecule has 0 radical (unpaired) electrons. The third kappa shape index (κ3) is 9.75. The molecule has 0 saturated carbocycles. The molecular formula is C14H28F3N. The quantitative estimate of drug-likeness (QED) is 0.593. The van der Waals surface area contributed by atoms with E-state index in [1.165, 1.54) is 0 Å². The number of hydrogen-bond donors (Lipinski definition) is 1. The molecule has 0 aromatic heterocycles. The average molecular weight is 267 g/mol. The Morgan fingerprint density at radius 3 is 2.17 bits per heavy atom. The van der Waals surface area contributed by atoms with Crippen molar-refractivity contribution in [1.82, 2.24) is 5.32 Å². The second-order valence-electron chi connectivity index (χ2n) is 5.12. The van der Waals surface area contributed by atoms with E-state index in [9.17, 15) is 13.2 Å². The summed E-state index contributed by atoms with van der Waals surface area (Å²) in [6, 6.07) is -0.410. The van der Waals surface area contributed by atoms with Crippen molar-refractivity contribution in [1.29, 1.82) is 0 Å². The summed E-state index contributed by atoms with van der Waals surface area (Å²) >= 11 is 0. The number of unbranched alkanes of at least 4 members (excludes halogenated alkanes) is 1. The highest BCUT2D eigenvalue weighted by Gasteiger charge is 2.32. The van der Waals surface area contributed by atoms with Gasteiger partial charge in [-0.15, -0.1) is 0 Å². The van der Waals surface area contributed by atoms with Crippen LogP contribution in [-0.4, -0.2) is 18.8 Å². The molecule has 0 rings (SSSR count).